The van der Waals surface area contributed by atoms with E-state index in [0.717, 1.165) is 37.8 Å². The molecule has 6 heteroatoms. The maximum absolute atomic E-state index is 5.47. The van der Waals surface area contributed by atoms with Crippen molar-refractivity contribution in [2.75, 3.05) is 43.6 Å². The fourth-order valence-corrected chi connectivity index (χ4v) is 1.97. The van der Waals surface area contributed by atoms with Gasteiger partial charge in [0.05, 0.1) is 5.69 Å². The van der Waals surface area contributed by atoms with E-state index in [-0.39, 0.29) is 0 Å². The number of hydrazine groups is 1. The Morgan fingerprint density at radius 1 is 1.22 bits per heavy atom. The first-order chi connectivity index (χ1) is 8.60. The average Bonchev–Trinajstić information content (AvgIpc) is 2.39. The number of nitrogens with zero attached hydrogens (tertiary/aromatic N) is 4. The maximum Gasteiger partial charge on any atom is 0.227 e. The van der Waals surface area contributed by atoms with Crippen LogP contribution in [0.15, 0.2) is 6.07 Å². The van der Waals surface area contributed by atoms with Gasteiger partial charge in [0, 0.05) is 32.2 Å². The summed E-state index contributed by atoms with van der Waals surface area (Å²) in [6, 6.07) is 1.91. The molecule has 0 unspecified atom stereocenters. The van der Waals surface area contributed by atoms with E-state index in [9.17, 15) is 0 Å². The van der Waals surface area contributed by atoms with Crippen molar-refractivity contribution < 1.29 is 0 Å². The Balaban J connectivity index is 2.23. The Morgan fingerprint density at radius 2 is 1.89 bits per heavy atom. The molecule has 0 atom stereocenters. The van der Waals surface area contributed by atoms with Crippen molar-refractivity contribution in [1.29, 1.82) is 0 Å². The molecular weight excluding hydrogens is 228 g/mol. The molecule has 3 N–H and O–H groups in total. The summed E-state index contributed by atoms with van der Waals surface area (Å²) in [5.41, 5.74) is 3.64. The molecule has 1 aromatic heterocycles. The third-order valence-electron chi connectivity index (χ3n) is 3.26. The van der Waals surface area contributed by atoms with Crippen molar-refractivity contribution in [3.8, 4) is 0 Å². The lowest BCUT2D eigenvalue weighted by Gasteiger charge is -2.32. The Hall–Kier alpha value is -1.40. The van der Waals surface area contributed by atoms with Crippen molar-refractivity contribution in [3.05, 3.63) is 11.8 Å². The van der Waals surface area contributed by atoms with Crippen LogP contribution in [0, 0.1) is 0 Å². The molecule has 0 aliphatic carbocycles. The third-order valence-corrected chi connectivity index (χ3v) is 3.26. The number of nitrogens with two attached hydrogens (primary N) is 1. The second kappa shape index (κ2) is 5.49. The SMILES string of the molecule is CC(C)c1cc(NN)nc(N2CCN(C)CC2)n1. The average molecular weight is 250 g/mol. The van der Waals surface area contributed by atoms with E-state index in [4.69, 9.17) is 5.84 Å². The highest BCUT2D eigenvalue weighted by Crippen LogP contribution is 2.20. The van der Waals surface area contributed by atoms with Crippen LogP contribution < -0.4 is 16.2 Å². The first-order valence-corrected chi connectivity index (χ1v) is 6.39. The summed E-state index contributed by atoms with van der Waals surface area (Å²) in [4.78, 5) is 13.6. The van der Waals surface area contributed by atoms with E-state index < -0.39 is 0 Å². The predicted molar refractivity (Wildman–Crippen MR) is 73.6 cm³/mol. The molecule has 0 spiro atoms. The standard InChI is InChI=1S/C12H22N6/c1-9(2)10-8-11(16-13)15-12(14-10)18-6-4-17(3)5-7-18/h8-9H,4-7,13H2,1-3H3,(H,14,15,16). The molecule has 0 aromatic carbocycles. The monoisotopic (exact) mass is 250 g/mol. The molecule has 1 fully saturated rings. The van der Waals surface area contributed by atoms with Crippen molar-refractivity contribution in [2.45, 2.75) is 19.8 Å². The van der Waals surface area contributed by atoms with Gasteiger partial charge in [-0.3, -0.25) is 0 Å². The summed E-state index contributed by atoms with van der Waals surface area (Å²) in [6.07, 6.45) is 0. The molecular formula is C12H22N6. The number of nitrogens with one attached hydrogen (secondary N) is 1. The molecule has 1 aliphatic heterocycles. The smallest absolute Gasteiger partial charge is 0.227 e. The Morgan fingerprint density at radius 3 is 2.44 bits per heavy atom. The van der Waals surface area contributed by atoms with Gasteiger partial charge in [-0.2, -0.15) is 4.98 Å². The van der Waals surface area contributed by atoms with Crippen LogP contribution in [0.5, 0.6) is 0 Å². The Bertz CT molecular complexity index is 398. The molecule has 2 heterocycles. The van der Waals surface area contributed by atoms with Crippen LogP contribution in [0.25, 0.3) is 0 Å². The van der Waals surface area contributed by atoms with E-state index >= 15 is 0 Å². The topological polar surface area (TPSA) is 70.3 Å². The normalized spacial score (nSPS) is 17.3. The molecule has 6 nitrogen and oxygen atoms in total. The Labute approximate surface area is 108 Å². The molecule has 1 aromatic rings. The van der Waals surface area contributed by atoms with Gasteiger partial charge in [0.2, 0.25) is 5.95 Å². The highest BCUT2D eigenvalue weighted by molar-refractivity contribution is 5.44. The van der Waals surface area contributed by atoms with Crippen LogP contribution in [0.3, 0.4) is 0 Å². The number of piperazine rings is 1. The highest BCUT2D eigenvalue weighted by Gasteiger charge is 2.18. The minimum absolute atomic E-state index is 0.367. The van der Waals surface area contributed by atoms with E-state index in [2.05, 4.69) is 46.1 Å². The summed E-state index contributed by atoms with van der Waals surface area (Å²) in [5, 5.41) is 0. The molecule has 0 saturated carbocycles. The second-order valence-electron chi connectivity index (χ2n) is 5.07. The van der Waals surface area contributed by atoms with Gasteiger partial charge in [0.1, 0.15) is 5.82 Å². The summed E-state index contributed by atoms with van der Waals surface area (Å²) >= 11 is 0. The van der Waals surface area contributed by atoms with Gasteiger partial charge in [0.25, 0.3) is 0 Å². The van der Waals surface area contributed by atoms with E-state index in [1.807, 2.05) is 6.07 Å². The zero-order chi connectivity index (χ0) is 13.1. The number of anilines is 2. The van der Waals surface area contributed by atoms with Gasteiger partial charge in [-0.15, -0.1) is 0 Å². The van der Waals surface area contributed by atoms with E-state index in [1.165, 1.54) is 0 Å². The number of nitrogen functional groups attached to an aromatic ring is 1. The number of likely N-dealkylation sites (N-methyl/N-ethyl adjacent to an activating group) is 1. The summed E-state index contributed by atoms with van der Waals surface area (Å²) in [5.74, 6) is 7.30. The zero-order valence-corrected chi connectivity index (χ0v) is 11.3. The molecule has 100 valence electrons. The number of hydrogen-bond donors (Lipinski definition) is 2. The number of hydrogen-bond acceptors (Lipinski definition) is 6. The van der Waals surface area contributed by atoms with Crippen LogP contribution in [-0.4, -0.2) is 48.1 Å². The van der Waals surface area contributed by atoms with Crippen LogP contribution in [0.2, 0.25) is 0 Å². The second-order valence-corrected chi connectivity index (χ2v) is 5.07. The molecule has 1 aliphatic rings. The lowest BCUT2D eigenvalue weighted by molar-refractivity contribution is 0.311. The van der Waals surface area contributed by atoms with Gasteiger partial charge in [-0.05, 0) is 13.0 Å². The van der Waals surface area contributed by atoms with Gasteiger partial charge >= 0.3 is 0 Å². The zero-order valence-electron chi connectivity index (χ0n) is 11.3. The Kier molecular flexibility index (Phi) is 3.98. The predicted octanol–water partition coefficient (Wildman–Crippen LogP) is 0.637. The summed E-state index contributed by atoms with van der Waals surface area (Å²) in [7, 11) is 2.13. The van der Waals surface area contributed by atoms with Gasteiger partial charge in [-0.1, -0.05) is 13.8 Å². The summed E-state index contributed by atoms with van der Waals surface area (Å²) < 4.78 is 0. The third kappa shape index (κ3) is 2.88. The largest absolute Gasteiger partial charge is 0.338 e. The first kappa shape index (κ1) is 13.0. The van der Waals surface area contributed by atoms with Crippen molar-refractivity contribution in [3.63, 3.8) is 0 Å². The molecule has 0 amide bonds. The van der Waals surface area contributed by atoms with Crippen LogP contribution in [-0.2, 0) is 0 Å². The van der Waals surface area contributed by atoms with Gasteiger partial charge in [-0.25, -0.2) is 10.8 Å². The van der Waals surface area contributed by atoms with Crippen LogP contribution in [0.1, 0.15) is 25.5 Å². The molecule has 18 heavy (non-hydrogen) atoms. The molecule has 0 radical (unpaired) electrons. The van der Waals surface area contributed by atoms with Gasteiger partial charge < -0.3 is 15.2 Å². The lowest BCUT2D eigenvalue weighted by Crippen LogP contribution is -2.45. The van der Waals surface area contributed by atoms with Crippen molar-refractivity contribution in [1.82, 2.24) is 14.9 Å². The maximum atomic E-state index is 5.47. The van der Waals surface area contributed by atoms with Crippen molar-refractivity contribution in [2.24, 2.45) is 5.84 Å². The lowest BCUT2D eigenvalue weighted by atomic mass is 10.1. The first-order valence-electron chi connectivity index (χ1n) is 6.39. The molecule has 0 bridgehead atoms. The fourth-order valence-electron chi connectivity index (χ4n) is 1.97. The van der Waals surface area contributed by atoms with Crippen LogP contribution in [0.4, 0.5) is 11.8 Å². The van der Waals surface area contributed by atoms with E-state index in [1.54, 1.807) is 0 Å². The minimum Gasteiger partial charge on any atom is -0.338 e. The number of rotatable bonds is 3. The molecule has 1 saturated heterocycles. The quantitative estimate of drug-likeness (QED) is 0.606. The fraction of sp³-hybridized carbons (Fsp3) is 0.667. The van der Waals surface area contributed by atoms with Crippen LogP contribution >= 0.6 is 0 Å². The van der Waals surface area contributed by atoms with Crippen molar-refractivity contribution >= 4 is 11.8 Å². The minimum atomic E-state index is 0.367. The number of aromatic nitrogens is 2. The molecule has 2 rings (SSSR count). The summed E-state index contributed by atoms with van der Waals surface area (Å²) in [6.45, 7) is 8.25. The van der Waals surface area contributed by atoms with E-state index in [0.29, 0.717) is 11.7 Å². The highest BCUT2D eigenvalue weighted by atomic mass is 15.3. The van der Waals surface area contributed by atoms with Gasteiger partial charge in [0.15, 0.2) is 0 Å².